The highest BCUT2D eigenvalue weighted by molar-refractivity contribution is 5.96. The van der Waals surface area contributed by atoms with Crippen LogP contribution >= 0.6 is 0 Å². The predicted octanol–water partition coefficient (Wildman–Crippen LogP) is 2.75. The van der Waals surface area contributed by atoms with E-state index in [2.05, 4.69) is 39.7 Å². The number of nitrogens with zero attached hydrogens (tertiary/aromatic N) is 3. The Balaban J connectivity index is 1.94. The van der Waals surface area contributed by atoms with E-state index in [0.717, 1.165) is 27.5 Å². The van der Waals surface area contributed by atoms with Crippen molar-refractivity contribution < 1.29 is 4.79 Å². The Morgan fingerprint density at radius 3 is 3.05 bits per heavy atom. The van der Waals surface area contributed by atoms with Crippen LogP contribution in [-0.4, -0.2) is 26.2 Å². The molecular weight excluding hydrogens is 278 g/mol. The largest absolute Gasteiger partial charge is 0.312 e. The fourth-order valence-corrected chi connectivity index (χ4v) is 2.79. The lowest BCUT2D eigenvalue weighted by Gasteiger charge is -2.08. The van der Waals surface area contributed by atoms with Crippen molar-refractivity contribution in [1.82, 2.24) is 19.8 Å². The van der Waals surface area contributed by atoms with Crippen molar-refractivity contribution in [3.05, 3.63) is 48.3 Å². The van der Waals surface area contributed by atoms with Crippen molar-refractivity contribution >= 4 is 28.6 Å². The van der Waals surface area contributed by atoms with Gasteiger partial charge in [0.25, 0.3) is 0 Å². The molecule has 6 heteroatoms. The molecule has 0 atom stereocenters. The second-order valence-corrected chi connectivity index (χ2v) is 5.17. The van der Waals surface area contributed by atoms with E-state index in [9.17, 15) is 4.79 Å². The Kier molecular flexibility index (Phi) is 2.69. The molecule has 0 spiro atoms. The third-order valence-electron chi connectivity index (χ3n) is 3.79. The summed E-state index contributed by atoms with van der Waals surface area (Å²) in [5, 5.41) is 15.1. The van der Waals surface area contributed by atoms with Gasteiger partial charge in [-0.2, -0.15) is 10.2 Å². The predicted molar refractivity (Wildman–Crippen MR) is 84.7 cm³/mol. The maximum atomic E-state index is 10.5. The zero-order valence-corrected chi connectivity index (χ0v) is 11.9. The maximum Gasteiger partial charge on any atom is 0.212 e. The van der Waals surface area contributed by atoms with Gasteiger partial charge in [0.2, 0.25) is 6.41 Å². The van der Waals surface area contributed by atoms with Crippen LogP contribution in [0.3, 0.4) is 0 Å². The van der Waals surface area contributed by atoms with Crippen LogP contribution < -0.4 is 5.32 Å². The molecule has 0 aliphatic rings. The molecule has 0 bridgehead atoms. The molecule has 1 amide bonds. The quantitative estimate of drug-likeness (QED) is 0.570. The minimum atomic E-state index is 0.533. The van der Waals surface area contributed by atoms with Gasteiger partial charge in [-0.3, -0.25) is 9.89 Å². The van der Waals surface area contributed by atoms with E-state index in [1.165, 1.54) is 5.56 Å². The summed E-state index contributed by atoms with van der Waals surface area (Å²) in [6.45, 7) is 2.09. The number of benzene rings is 1. The third kappa shape index (κ3) is 1.85. The number of pyridine rings is 1. The lowest BCUT2D eigenvalue weighted by molar-refractivity contribution is -0.105. The lowest BCUT2D eigenvalue weighted by Crippen LogP contribution is -1.94. The molecular formula is C16H13N5O. The summed E-state index contributed by atoms with van der Waals surface area (Å²) in [7, 11) is 0. The second-order valence-electron chi connectivity index (χ2n) is 5.17. The monoisotopic (exact) mass is 291 g/mol. The summed E-state index contributed by atoms with van der Waals surface area (Å²) >= 11 is 0. The first kappa shape index (κ1) is 12.6. The van der Waals surface area contributed by atoms with Crippen molar-refractivity contribution in [3.8, 4) is 11.1 Å². The molecule has 0 radical (unpaired) electrons. The summed E-state index contributed by atoms with van der Waals surface area (Å²) in [5.74, 6) is 0.533. The average molecular weight is 291 g/mol. The SMILES string of the molecule is Cc1ccc2[nH]ncc2c1-c1ccn2nc(NC=O)cc2c1. The molecule has 3 aromatic heterocycles. The minimum absolute atomic E-state index is 0.533. The fraction of sp³-hybridized carbons (Fsp3) is 0.0625. The summed E-state index contributed by atoms with van der Waals surface area (Å²) in [6, 6.07) is 10.0. The first-order valence-electron chi connectivity index (χ1n) is 6.89. The van der Waals surface area contributed by atoms with E-state index in [1.54, 1.807) is 4.52 Å². The Morgan fingerprint density at radius 1 is 1.27 bits per heavy atom. The molecule has 0 unspecified atom stereocenters. The number of carbonyl (C=O) groups excluding carboxylic acids is 1. The zero-order valence-electron chi connectivity index (χ0n) is 11.9. The van der Waals surface area contributed by atoms with E-state index in [1.807, 2.05) is 30.6 Å². The highest BCUT2D eigenvalue weighted by Crippen LogP contribution is 2.31. The molecule has 108 valence electrons. The molecule has 6 nitrogen and oxygen atoms in total. The van der Waals surface area contributed by atoms with Crippen molar-refractivity contribution in [2.45, 2.75) is 6.92 Å². The molecule has 4 rings (SSSR count). The Hall–Kier alpha value is -3.15. The topological polar surface area (TPSA) is 75.1 Å². The van der Waals surface area contributed by atoms with Gasteiger partial charge >= 0.3 is 0 Å². The van der Waals surface area contributed by atoms with Gasteiger partial charge in [-0.1, -0.05) is 6.07 Å². The number of carbonyl (C=O) groups is 1. The third-order valence-corrected chi connectivity index (χ3v) is 3.79. The highest BCUT2D eigenvalue weighted by atomic mass is 16.1. The van der Waals surface area contributed by atoms with Crippen LogP contribution in [-0.2, 0) is 4.79 Å². The number of aryl methyl sites for hydroxylation is 1. The Morgan fingerprint density at radius 2 is 2.18 bits per heavy atom. The first-order valence-corrected chi connectivity index (χ1v) is 6.89. The van der Waals surface area contributed by atoms with Crippen molar-refractivity contribution in [2.24, 2.45) is 0 Å². The van der Waals surface area contributed by atoms with E-state index in [-0.39, 0.29) is 0 Å². The van der Waals surface area contributed by atoms with E-state index < -0.39 is 0 Å². The molecule has 0 aliphatic heterocycles. The molecule has 22 heavy (non-hydrogen) atoms. The molecule has 0 aliphatic carbocycles. The number of hydrogen-bond acceptors (Lipinski definition) is 3. The van der Waals surface area contributed by atoms with E-state index >= 15 is 0 Å². The number of hydrogen-bond donors (Lipinski definition) is 2. The van der Waals surface area contributed by atoms with Gasteiger partial charge in [-0.15, -0.1) is 0 Å². The number of amides is 1. The zero-order chi connectivity index (χ0) is 15.1. The summed E-state index contributed by atoms with van der Waals surface area (Å²) in [5.41, 5.74) is 5.36. The van der Waals surface area contributed by atoms with E-state index in [4.69, 9.17) is 0 Å². The Labute approximate surface area is 125 Å². The molecule has 3 heterocycles. The number of rotatable bonds is 3. The smallest absolute Gasteiger partial charge is 0.212 e. The van der Waals surface area contributed by atoms with Gasteiger partial charge in [0, 0.05) is 17.6 Å². The second kappa shape index (κ2) is 4.70. The number of aromatic nitrogens is 4. The summed E-state index contributed by atoms with van der Waals surface area (Å²) < 4.78 is 1.74. The van der Waals surface area contributed by atoms with Gasteiger partial charge in [0.1, 0.15) is 0 Å². The average Bonchev–Trinajstić information content (AvgIpc) is 3.12. The standard InChI is InChI=1S/C16H13N5O/c1-10-2-3-14-13(8-18-19-14)16(10)11-4-5-21-12(6-11)7-15(20-21)17-9-22/h2-9H,1H3,(H,18,19)(H,17,20,22). The number of fused-ring (bicyclic) bond motifs is 2. The molecule has 1 aromatic carbocycles. The van der Waals surface area contributed by atoms with Gasteiger partial charge in [-0.25, -0.2) is 4.52 Å². The number of H-pyrrole nitrogens is 1. The van der Waals surface area contributed by atoms with E-state index in [0.29, 0.717) is 12.2 Å². The van der Waals surface area contributed by atoms with Crippen LogP contribution in [0.4, 0.5) is 5.82 Å². The van der Waals surface area contributed by atoms with Crippen LogP contribution in [0.5, 0.6) is 0 Å². The minimum Gasteiger partial charge on any atom is -0.312 e. The first-order chi connectivity index (χ1) is 10.8. The van der Waals surface area contributed by atoms with Crippen molar-refractivity contribution in [1.29, 1.82) is 0 Å². The number of anilines is 1. The summed E-state index contributed by atoms with van der Waals surface area (Å²) in [6.07, 6.45) is 4.36. The van der Waals surface area contributed by atoms with Gasteiger partial charge < -0.3 is 5.32 Å². The number of aromatic amines is 1. The van der Waals surface area contributed by atoms with Crippen LogP contribution in [0.15, 0.2) is 42.7 Å². The maximum absolute atomic E-state index is 10.5. The van der Waals surface area contributed by atoms with Crippen LogP contribution in [0, 0.1) is 6.92 Å². The Bertz CT molecular complexity index is 998. The molecule has 0 saturated heterocycles. The molecule has 0 fully saturated rings. The molecule has 2 N–H and O–H groups in total. The van der Waals surface area contributed by atoms with Crippen molar-refractivity contribution in [3.63, 3.8) is 0 Å². The van der Waals surface area contributed by atoms with Crippen LogP contribution in [0.25, 0.3) is 27.5 Å². The summed E-state index contributed by atoms with van der Waals surface area (Å²) in [4.78, 5) is 10.5. The normalized spacial score (nSPS) is 11.1. The molecule has 4 aromatic rings. The van der Waals surface area contributed by atoms with Gasteiger partial charge in [0.05, 0.1) is 17.2 Å². The van der Waals surface area contributed by atoms with Crippen LogP contribution in [0.1, 0.15) is 5.56 Å². The number of nitrogens with one attached hydrogen (secondary N) is 2. The van der Waals surface area contributed by atoms with Crippen molar-refractivity contribution in [2.75, 3.05) is 5.32 Å². The molecule has 0 saturated carbocycles. The fourth-order valence-electron chi connectivity index (χ4n) is 2.79. The van der Waals surface area contributed by atoms with Gasteiger partial charge in [-0.05, 0) is 41.8 Å². The lowest BCUT2D eigenvalue weighted by atomic mass is 9.97. The van der Waals surface area contributed by atoms with Crippen LogP contribution in [0.2, 0.25) is 0 Å². The van der Waals surface area contributed by atoms with Gasteiger partial charge in [0.15, 0.2) is 5.82 Å². The highest BCUT2D eigenvalue weighted by Gasteiger charge is 2.10.